The lowest BCUT2D eigenvalue weighted by molar-refractivity contribution is 0.415. The first-order chi connectivity index (χ1) is 8.05. The smallest absolute Gasteiger partial charge is 0.207 e. The molecule has 0 aliphatic carbocycles. The van der Waals surface area contributed by atoms with Gasteiger partial charge in [-0.3, -0.25) is 0 Å². The average molecular weight is 365 g/mol. The molecule has 94 valence electrons. The van der Waals surface area contributed by atoms with Crippen LogP contribution < -0.4 is 0 Å². The molecule has 0 saturated carbocycles. The van der Waals surface area contributed by atoms with E-state index in [9.17, 15) is 8.42 Å². The summed E-state index contributed by atoms with van der Waals surface area (Å²) in [6.07, 6.45) is 1.95. The first-order valence-corrected chi connectivity index (χ1v) is 8.67. The number of alkyl halides is 1. The van der Waals surface area contributed by atoms with Gasteiger partial charge in [0.1, 0.15) is 0 Å². The van der Waals surface area contributed by atoms with Crippen LogP contribution in [0.3, 0.4) is 0 Å². The lowest BCUT2D eigenvalue weighted by Gasteiger charge is -2.22. The molecule has 1 heterocycles. The lowest BCUT2D eigenvalue weighted by atomic mass is 10.2. The summed E-state index contributed by atoms with van der Waals surface area (Å²) < 4.78 is 27.4. The molecule has 0 N–H and O–H groups in total. The van der Waals surface area contributed by atoms with Crippen LogP contribution in [0.25, 0.3) is 0 Å². The monoisotopic (exact) mass is 365 g/mol. The van der Waals surface area contributed by atoms with Crippen molar-refractivity contribution in [3.05, 3.63) is 29.8 Å². The van der Waals surface area contributed by atoms with Crippen LogP contribution in [0.1, 0.15) is 18.4 Å². The molecule has 0 radical (unpaired) electrons. The summed E-state index contributed by atoms with van der Waals surface area (Å²) in [6.45, 7) is 2.61. The molecule has 17 heavy (non-hydrogen) atoms. The average Bonchev–Trinajstić information content (AvgIpc) is 2.78. The van der Waals surface area contributed by atoms with E-state index in [4.69, 9.17) is 0 Å². The van der Waals surface area contributed by atoms with Crippen molar-refractivity contribution >= 4 is 32.6 Å². The summed E-state index contributed by atoms with van der Waals surface area (Å²) >= 11 is 2.26. The second-order valence-corrected chi connectivity index (χ2v) is 7.15. The molecule has 1 atom stereocenters. The van der Waals surface area contributed by atoms with Gasteiger partial charge in [0, 0.05) is 17.0 Å². The second-order valence-electron chi connectivity index (χ2n) is 4.38. The Morgan fingerprint density at radius 2 is 2.00 bits per heavy atom. The van der Waals surface area contributed by atoms with Crippen LogP contribution in [0, 0.1) is 6.92 Å². The molecular formula is C12H16INO2S. The van der Waals surface area contributed by atoms with Gasteiger partial charge in [-0.25, -0.2) is 8.42 Å². The third kappa shape index (κ3) is 2.66. The van der Waals surface area contributed by atoms with Gasteiger partial charge in [-0.1, -0.05) is 40.3 Å². The van der Waals surface area contributed by atoms with Crippen molar-refractivity contribution in [3.63, 3.8) is 0 Å². The summed E-state index contributed by atoms with van der Waals surface area (Å²) in [6, 6.07) is 7.27. The Labute approximate surface area is 116 Å². The Hall–Kier alpha value is -0.140. The second kappa shape index (κ2) is 5.24. The Kier molecular flexibility index (Phi) is 4.10. The van der Waals surface area contributed by atoms with E-state index in [0.717, 1.165) is 22.8 Å². The summed E-state index contributed by atoms with van der Waals surface area (Å²) in [7, 11) is -3.29. The van der Waals surface area contributed by atoms with Gasteiger partial charge in [0.2, 0.25) is 10.0 Å². The zero-order valence-corrected chi connectivity index (χ0v) is 12.7. The van der Waals surface area contributed by atoms with E-state index in [1.165, 1.54) is 0 Å². The van der Waals surface area contributed by atoms with Crippen molar-refractivity contribution in [2.45, 2.75) is 30.7 Å². The molecule has 1 aliphatic heterocycles. The quantitative estimate of drug-likeness (QED) is 0.610. The Morgan fingerprint density at radius 3 is 2.59 bits per heavy atom. The zero-order chi connectivity index (χ0) is 12.5. The molecule has 0 bridgehead atoms. The normalized spacial score (nSPS) is 21.9. The largest absolute Gasteiger partial charge is 0.243 e. The van der Waals surface area contributed by atoms with Crippen molar-refractivity contribution in [1.82, 2.24) is 4.31 Å². The molecule has 0 spiro atoms. The van der Waals surface area contributed by atoms with Crippen LogP contribution in [-0.4, -0.2) is 29.7 Å². The van der Waals surface area contributed by atoms with Gasteiger partial charge >= 0.3 is 0 Å². The topological polar surface area (TPSA) is 37.4 Å². The fraction of sp³-hybridized carbons (Fsp3) is 0.500. The summed E-state index contributed by atoms with van der Waals surface area (Å²) in [5, 5.41) is 0. The van der Waals surface area contributed by atoms with E-state index < -0.39 is 10.0 Å². The van der Waals surface area contributed by atoms with Gasteiger partial charge in [0.05, 0.1) is 4.90 Å². The number of benzene rings is 1. The van der Waals surface area contributed by atoms with Crippen LogP contribution in [0.4, 0.5) is 0 Å². The molecule has 1 aliphatic rings. The minimum atomic E-state index is -3.29. The first kappa shape index (κ1) is 13.3. The molecule has 5 heteroatoms. The maximum absolute atomic E-state index is 12.4. The van der Waals surface area contributed by atoms with Crippen molar-refractivity contribution in [2.75, 3.05) is 11.0 Å². The van der Waals surface area contributed by atoms with E-state index >= 15 is 0 Å². The highest BCUT2D eigenvalue weighted by atomic mass is 127. The van der Waals surface area contributed by atoms with Crippen LogP contribution in [0.5, 0.6) is 0 Å². The summed E-state index contributed by atoms with van der Waals surface area (Å²) in [5.41, 5.74) is 1.08. The Balaban J connectivity index is 2.33. The fourth-order valence-corrected chi connectivity index (χ4v) is 5.00. The van der Waals surface area contributed by atoms with Gasteiger partial charge in [-0.2, -0.15) is 4.31 Å². The molecule has 1 aromatic rings. The SMILES string of the molecule is Cc1ccc(S(=O)(=O)N2CCC[C@H]2CI)cc1. The predicted octanol–water partition coefficient (Wildman–Crippen LogP) is 2.58. The van der Waals surface area contributed by atoms with E-state index in [-0.39, 0.29) is 6.04 Å². The highest BCUT2D eigenvalue weighted by Crippen LogP contribution is 2.27. The van der Waals surface area contributed by atoms with E-state index in [0.29, 0.717) is 11.4 Å². The lowest BCUT2D eigenvalue weighted by Crippen LogP contribution is -2.36. The van der Waals surface area contributed by atoms with Gasteiger partial charge in [-0.05, 0) is 31.9 Å². The standard InChI is InChI=1S/C12H16INO2S/c1-10-4-6-12(7-5-10)17(15,16)14-8-2-3-11(14)9-13/h4-7,11H,2-3,8-9H2,1H3/t11-/m0/s1. The molecule has 3 nitrogen and oxygen atoms in total. The van der Waals surface area contributed by atoms with Gasteiger partial charge in [-0.15, -0.1) is 0 Å². The molecule has 1 saturated heterocycles. The number of rotatable bonds is 3. The van der Waals surface area contributed by atoms with Crippen LogP contribution in [0.2, 0.25) is 0 Å². The molecule has 0 unspecified atom stereocenters. The molecule has 0 amide bonds. The maximum Gasteiger partial charge on any atom is 0.243 e. The van der Waals surface area contributed by atoms with Gasteiger partial charge in [0.15, 0.2) is 0 Å². The van der Waals surface area contributed by atoms with Gasteiger partial charge < -0.3 is 0 Å². The molecule has 1 aromatic carbocycles. The number of nitrogens with zero attached hydrogens (tertiary/aromatic N) is 1. The van der Waals surface area contributed by atoms with Crippen LogP contribution >= 0.6 is 22.6 Å². The Morgan fingerprint density at radius 1 is 1.35 bits per heavy atom. The number of sulfonamides is 1. The van der Waals surface area contributed by atoms with E-state index in [2.05, 4.69) is 22.6 Å². The highest BCUT2D eigenvalue weighted by Gasteiger charge is 2.34. The van der Waals surface area contributed by atoms with E-state index in [1.807, 2.05) is 19.1 Å². The highest BCUT2D eigenvalue weighted by molar-refractivity contribution is 14.1. The number of hydrogen-bond acceptors (Lipinski definition) is 2. The van der Waals surface area contributed by atoms with Crippen LogP contribution in [0.15, 0.2) is 29.2 Å². The minimum absolute atomic E-state index is 0.168. The first-order valence-electron chi connectivity index (χ1n) is 5.70. The number of hydrogen-bond donors (Lipinski definition) is 0. The predicted molar refractivity (Wildman–Crippen MR) is 77.0 cm³/mol. The Bertz CT molecular complexity index is 484. The number of halogens is 1. The molecule has 0 aromatic heterocycles. The molecular weight excluding hydrogens is 349 g/mol. The van der Waals surface area contributed by atoms with Crippen molar-refractivity contribution in [3.8, 4) is 0 Å². The summed E-state index contributed by atoms with van der Waals surface area (Å²) in [4.78, 5) is 0.417. The molecule has 2 rings (SSSR count). The van der Waals surface area contributed by atoms with Crippen molar-refractivity contribution in [2.24, 2.45) is 0 Å². The number of aryl methyl sites for hydroxylation is 1. The zero-order valence-electron chi connectivity index (χ0n) is 9.77. The van der Waals surface area contributed by atoms with Gasteiger partial charge in [0.25, 0.3) is 0 Å². The minimum Gasteiger partial charge on any atom is -0.207 e. The van der Waals surface area contributed by atoms with Crippen molar-refractivity contribution in [1.29, 1.82) is 0 Å². The van der Waals surface area contributed by atoms with E-state index in [1.54, 1.807) is 16.4 Å². The summed E-state index contributed by atoms with van der Waals surface area (Å²) in [5.74, 6) is 0. The van der Waals surface area contributed by atoms with Crippen LogP contribution in [-0.2, 0) is 10.0 Å². The third-order valence-corrected chi connectivity index (χ3v) is 6.11. The molecule has 1 fully saturated rings. The maximum atomic E-state index is 12.4. The van der Waals surface area contributed by atoms with Crippen molar-refractivity contribution < 1.29 is 8.42 Å². The fourth-order valence-electron chi connectivity index (χ4n) is 2.13. The third-order valence-electron chi connectivity index (χ3n) is 3.13.